The summed E-state index contributed by atoms with van der Waals surface area (Å²) in [6.45, 7) is 3.53. The third-order valence-corrected chi connectivity index (χ3v) is 4.34. The number of aromatic amines is 1. The van der Waals surface area contributed by atoms with Gasteiger partial charge in [-0.3, -0.25) is 14.3 Å². The van der Waals surface area contributed by atoms with Crippen LogP contribution in [-0.4, -0.2) is 38.1 Å². The summed E-state index contributed by atoms with van der Waals surface area (Å²) < 4.78 is 32.4. The number of rotatable bonds is 2. The summed E-state index contributed by atoms with van der Waals surface area (Å²) in [5.74, 6) is -1.85. The normalized spacial score (nSPS) is 34.1. The summed E-state index contributed by atoms with van der Waals surface area (Å²) in [5, 5.41) is 0. The van der Waals surface area contributed by atoms with Gasteiger partial charge in [-0.2, -0.15) is 4.39 Å². The van der Waals surface area contributed by atoms with Gasteiger partial charge in [0.15, 0.2) is 12.0 Å². The summed E-state index contributed by atoms with van der Waals surface area (Å²) in [6, 6.07) is 0. The minimum Gasteiger partial charge on any atom is -0.348 e. The van der Waals surface area contributed by atoms with Gasteiger partial charge in [0.1, 0.15) is 12.2 Å². The van der Waals surface area contributed by atoms with E-state index in [9.17, 15) is 14.0 Å². The summed E-state index contributed by atoms with van der Waals surface area (Å²) in [5.41, 5.74) is -1.80. The molecule has 3 heterocycles. The lowest BCUT2D eigenvalue weighted by molar-refractivity contribution is -0.194. The number of H-pyrrole nitrogens is 1. The molecule has 1 N–H and O–H groups in total. The zero-order chi connectivity index (χ0) is 15.4. The Morgan fingerprint density at radius 2 is 2.05 bits per heavy atom. The van der Waals surface area contributed by atoms with Gasteiger partial charge in [0.05, 0.1) is 12.3 Å². The van der Waals surface area contributed by atoms with E-state index in [2.05, 4.69) is 22.6 Å². The van der Waals surface area contributed by atoms with E-state index < -0.39 is 35.2 Å². The number of hydrogen-bond donors (Lipinski definition) is 1. The molecule has 0 aliphatic carbocycles. The molecule has 1 aromatic rings. The second kappa shape index (κ2) is 5.14. The number of nitrogens with one attached hydrogen (secondary N) is 1. The molecular formula is C12H14FIN2O5. The second-order valence-electron chi connectivity index (χ2n) is 5.43. The van der Waals surface area contributed by atoms with Gasteiger partial charge in [-0.25, -0.2) is 4.79 Å². The first kappa shape index (κ1) is 15.1. The van der Waals surface area contributed by atoms with Crippen LogP contribution in [0.4, 0.5) is 4.39 Å². The number of hydrogen-bond acceptors (Lipinski definition) is 5. The predicted octanol–water partition coefficient (Wildman–Crippen LogP) is 0.528. The smallest absolute Gasteiger partial charge is 0.330 e. The van der Waals surface area contributed by atoms with Crippen molar-refractivity contribution in [2.24, 2.45) is 0 Å². The minimum atomic E-state index is -1.06. The zero-order valence-electron chi connectivity index (χ0n) is 11.3. The van der Waals surface area contributed by atoms with E-state index in [4.69, 9.17) is 14.2 Å². The molecule has 7 nitrogen and oxygen atoms in total. The third-order valence-electron chi connectivity index (χ3n) is 3.48. The van der Waals surface area contributed by atoms with Crippen LogP contribution in [0, 0.1) is 5.82 Å². The Hall–Kier alpha value is -0.780. The topological polar surface area (TPSA) is 82.6 Å². The monoisotopic (exact) mass is 412 g/mol. The molecule has 9 heteroatoms. The van der Waals surface area contributed by atoms with Crippen LogP contribution in [0.3, 0.4) is 0 Å². The molecule has 0 aromatic carbocycles. The highest BCUT2D eigenvalue weighted by atomic mass is 127. The maximum atomic E-state index is 13.5. The number of ether oxygens (including phenoxy) is 3. The Bertz CT molecular complexity index is 672. The molecule has 21 heavy (non-hydrogen) atoms. The van der Waals surface area contributed by atoms with Crippen molar-refractivity contribution < 1.29 is 18.6 Å². The van der Waals surface area contributed by atoms with E-state index in [0.29, 0.717) is 4.43 Å². The highest BCUT2D eigenvalue weighted by Crippen LogP contribution is 2.42. The molecule has 0 saturated carbocycles. The van der Waals surface area contributed by atoms with E-state index in [1.165, 1.54) is 0 Å². The lowest BCUT2D eigenvalue weighted by atomic mass is 10.1. The van der Waals surface area contributed by atoms with Crippen LogP contribution in [-0.2, 0) is 14.2 Å². The number of halogens is 2. The first-order valence-corrected chi connectivity index (χ1v) is 7.93. The first-order valence-electron chi connectivity index (χ1n) is 6.40. The molecule has 2 aliphatic heterocycles. The molecule has 2 aliphatic rings. The van der Waals surface area contributed by atoms with Gasteiger partial charge >= 0.3 is 5.69 Å². The van der Waals surface area contributed by atoms with Crippen molar-refractivity contribution in [2.75, 3.05) is 4.43 Å². The Kier molecular flexibility index (Phi) is 3.71. The molecule has 0 bridgehead atoms. The fraction of sp³-hybridized carbons (Fsp3) is 0.667. The lowest BCUT2D eigenvalue weighted by Gasteiger charge is -2.24. The van der Waals surface area contributed by atoms with Gasteiger partial charge in [-0.1, -0.05) is 22.6 Å². The van der Waals surface area contributed by atoms with Gasteiger partial charge in [0.25, 0.3) is 5.56 Å². The Balaban J connectivity index is 2.01. The van der Waals surface area contributed by atoms with Crippen molar-refractivity contribution in [3.05, 3.63) is 32.9 Å². The molecular weight excluding hydrogens is 398 g/mol. The summed E-state index contributed by atoms with van der Waals surface area (Å²) in [7, 11) is 0. The van der Waals surface area contributed by atoms with E-state index in [1.54, 1.807) is 13.8 Å². The van der Waals surface area contributed by atoms with E-state index in [0.717, 1.165) is 10.8 Å². The highest BCUT2D eigenvalue weighted by Gasteiger charge is 2.55. The number of aromatic nitrogens is 2. The maximum Gasteiger partial charge on any atom is 0.330 e. The molecule has 1 aromatic heterocycles. The molecule has 3 rings (SSSR count). The van der Waals surface area contributed by atoms with Crippen LogP contribution in [0.5, 0.6) is 0 Å². The van der Waals surface area contributed by atoms with Gasteiger partial charge in [-0.05, 0) is 13.8 Å². The maximum absolute atomic E-state index is 13.5. The quantitative estimate of drug-likeness (QED) is 0.566. The lowest BCUT2D eigenvalue weighted by Crippen LogP contribution is -2.38. The fourth-order valence-corrected chi connectivity index (χ4v) is 3.37. The molecule has 2 fully saturated rings. The predicted molar refractivity (Wildman–Crippen MR) is 77.9 cm³/mol. The number of fused-ring (bicyclic) bond motifs is 1. The second-order valence-corrected chi connectivity index (χ2v) is 6.31. The van der Waals surface area contributed by atoms with Crippen LogP contribution < -0.4 is 11.2 Å². The van der Waals surface area contributed by atoms with E-state index >= 15 is 0 Å². The van der Waals surface area contributed by atoms with Crippen molar-refractivity contribution >= 4 is 22.6 Å². The molecule has 0 radical (unpaired) electrons. The standard InChI is InChI=1S/C12H14FIN2O5/c1-12(2)20-7-6(3-14)19-10(8(7)21-12)16-4-5(13)9(17)15-11(16)18/h4,6-8,10H,3H2,1-2H3,(H,15,17,18)/t6-,7-,8-,10+/m1/s1. The third kappa shape index (κ3) is 2.56. The fourth-order valence-electron chi connectivity index (χ4n) is 2.66. The van der Waals surface area contributed by atoms with Gasteiger partial charge in [0, 0.05) is 4.43 Å². The minimum absolute atomic E-state index is 0.274. The summed E-state index contributed by atoms with van der Waals surface area (Å²) in [4.78, 5) is 24.9. The van der Waals surface area contributed by atoms with Gasteiger partial charge in [-0.15, -0.1) is 0 Å². The molecule has 0 amide bonds. The first-order chi connectivity index (χ1) is 9.82. The van der Waals surface area contributed by atoms with E-state index in [-0.39, 0.29) is 12.2 Å². The van der Waals surface area contributed by atoms with Crippen molar-refractivity contribution in [1.29, 1.82) is 0 Å². The van der Waals surface area contributed by atoms with Crippen molar-refractivity contribution in [2.45, 2.75) is 44.2 Å². The molecule has 0 spiro atoms. The van der Waals surface area contributed by atoms with Crippen molar-refractivity contribution in [3.8, 4) is 0 Å². The highest BCUT2D eigenvalue weighted by molar-refractivity contribution is 14.1. The Morgan fingerprint density at radius 1 is 1.38 bits per heavy atom. The van der Waals surface area contributed by atoms with Crippen LogP contribution in [0.1, 0.15) is 20.1 Å². The van der Waals surface area contributed by atoms with E-state index in [1.807, 2.05) is 4.98 Å². The summed E-state index contributed by atoms with van der Waals surface area (Å²) in [6.07, 6.45) is -1.15. The number of nitrogens with zero attached hydrogens (tertiary/aromatic N) is 1. The summed E-state index contributed by atoms with van der Waals surface area (Å²) >= 11 is 2.15. The molecule has 2 saturated heterocycles. The SMILES string of the molecule is CC1(C)O[C@@H]2[C@H](O1)[C@@H](CI)O[C@@H]2n1cc(F)c(=O)[nH]c1=O. The molecule has 116 valence electrons. The molecule has 0 unspecified atom stereocenters. The number of alkyl halides is 1. The van der Waals surface area contributed by atoms with Gasteiger partial charge in [0.2, 0.25) is 5.82 Å². The molecule has 4 atom stereocenters. The van der Waals surface area contributed by atoms with Gasteiger partial charge < -0.3 is 14.2 Å². The van der Waals surface area contributed by atoms with Crippen LogP contribution in [0.15, 0.2) is 15.8 Å². The van der Waals surface area contributed by atoms with Crippen molar-refractivity contribution in [3.63, 3.8) is 0 Å². The Morgan fingerprint density at radius 3 is 2.71 bits per heavy atom. The average Bonchev–Trinajstić information content (AvgIpc) is 2.87. The van der Waals surface area contributed by atoms with Crippen molar-refractivity contribution in [1.82, 2.24) is 9.55 Å². The average molecular weight is 412 g/mol. The van der Waals surface area contributed by atoms with Crippen LogP contribution in [0.25, 0.3) is 0 Å². The largest absolute Gasteiger partial charge is 0.348 e. The van der Waals surface area contributed by atoms with Crippen LogP contribution in [0.2, 0.25) is 0 Å². The Labute approximate surface area is 132 Å². The van der Waals surface area contributed by atoms with Crippen LogP contribution >= 0.6 is 22.6 Å². The zero-order valence-corrected chi connectivity index (χ0v) is 13.5.